The summed E-state index contributed by atoms with van der Waals surface area (Å²) in [6.07, 6.45) is 1.44. The lowest BCUT2D eigenvalue weighted by Crippen LogP contribution is -2.25. The Hall–Kier alpha value is -2.95. The van der Waals surface area contributed by atoms with E-state index in [1.807, 2.05) is 19.1 Å². The lowest BCUT2D eigenvalue weighted by atomic mass is 10.0. The third-order valence-corrected chi connectivity index (χ3v) is 4.79. The van der Waals surface area contributed by atoms with E-state index >= 15 is 0 Å². The number of ether oxygens (including phenoxy) is 1. The molecule has 0 unspecified atom stereocenters. The summed E-state index contributed by atoms with van der Waals surface area (Å²) in [5, 5.41) is 0. The van der Waals surface area contributed by atoms with Gasteiger partial charge in [0.15, 0.2) is 6.10 Å². The van der Waals surface area contributed by atoms with Crippen molar-refractivity contribution >= 4 is 23.3 Å². The Kier molecular flexibility index (Phi) is 5.69. The molecule has 0 aliphatic carbocycles. The van der Waals surface area contributed by atoms with Crippen LogP contribution in [-0.4, -0.2) is 30.3 Å². The quantitative estimate of drug-likeness (QED) is 0.577. The second-order valence-corrected chi connectivity index (χ2v) is 6.66. The molecule has 1 heterocycles. The van der Waals surface area contributed by atoms with Gasteiger partial charge in [0.05, 0.1) is 5.56 Å². The third kappa shape index (κ3) is 4.25. The largest absolute Gasteiger partial charge is 0.451 e. The van der Waals surface area contributed by atoms with Crippen molar-refractivity contribution in [3.63, 3.8) is 0 Å². The molecule has 27 heavy (non-hydrogen) atoms. The Morgan fingerprint density at radius 1 is 1.04 bits per heavy atom. The number of carbonyl (C=O) groups is 3. The predicted octanol–water partition coefficient (Wildman–Crippen LogP) is 3.80. The van der Waals surface area contributed by atoms with E-state index in [0.29, 0.717) is 24.1 Å². The fourth-order valence-electron chi connectivity index (χ4n) is 3.12. The molecule has 1 aliphatic rings. The molecule has 0 N–H and O–H groups in total. The maximum Gasteiger partial charge on any atom is 0.338 e. The zero-order valence-electron chi connectivity index (χ0n) is 15.6. The Labute approximate surface area is 158 Å². The molecule has 0 bridgehead atoms. The Morgan fingerprint density at radius 3 is 2.22 bits per heavy atom. The number of aryl methyl sites for hydroxylation is 1. The molecule has 2 aromatic rings. The number of ketones is 1. The van der Waals surface area contributed by atoms with Crippen LogP contribution in [0.1, 0.15) is 53.0 Å². The van der Waals surface area contributed by atoms with Gasteiger partial charge in [0.1, 0.15) is 0 Å². The first kappa shape index (κ1) is 18.8. The van der Waals surface area contributed by atoms with Gasteiger partial charge in [-0.1, -0.05) is 31.2 Å². The topological polar surface area (TPSA) is 63.7 Å². The fraction of sp³-hybridized carbons (Fsp3) is 0.318. The highest BCUT2D eigenvalue weighted by atomic mass is 16.5. The van der Waals surface area contributed by atoms with E-state index in [2.05, 4.69) is 0 Å². The lowest BCUT2D eigenvalue weighted by Gasteiger charge is -2.16. The molecule has 1 amide bonds. The Morgan fingerprint density at radius 2 is 1.67 bits per heavy atom. The van der Waals surface area contributed by atoms with E-state index < -0.39 is 12.1 Å². The highest BCUT2D eigenvalue weighted by Gasteiger charge is 2.23. The van der Waals surface area contributed by atoms with Crippen molar-refractivity contribution in [1.29, 1.82) is 0 Å². The number of benzene rings is 2. The second kappa shape index (κ2) is 8.16. The van der Waals surface area contributed by atoms with Crippen LogP contribution in [0.25, 0.3) is 0 Å². The Balaban J connectivity index is 1.63. The minimum atomic E-state index is -0.871. The molecule has 1 saturated heterocycles. The van der Waals surface area contributed by atoms with Crippen LogP contribution >= 0.6 is 0 Å². The summed E-state index contributed by atoms with van der Waals surface area (Å²) in [4.78, 5) is 38.3. The van der Waals surface area contributed by atoms with Crippen molar-refractivity contribution in [3.8, 4) is 0 Å². The molecule has 3 rings (SSSR count). The van der Waals surface area contributed by atoms with Gasteiger partial charge in [-0.05, 0) is 49.6 Å². The number of amides is 1. The van der Waals surface area contributed by atoms with Crippen LogP contribution in [0.2, 0.25) is 0 Å². The number of hydrogen-bond donors (Lipinski definition) is 0. The monoisotopic (exact) mass is 365 g/mol. The van der Waals surface area contributed by atoms with Gasteiger partial charge in [-0.3, -0.25) is 9.59 Å². The number of nitrogens with zero attached hydrogens (tertiary/aromatic N) is 1. The predicted molar refractivity (Wildman–Crippen MR) is 103 cm³/mol. The summed E-state index contributed by atoms with van der Waals surface area (Å²) < 4.78 is 5.33. The van der Waals surface area contributed by atoms with Crippen LogP contribution in [0, 0.1) is 0 Å². The smallest absolute Gasteiger partial charge is 0.338 e. The maximum atomic E-state index is 12.5. The minimum absolute atomic E-state index is 0.0960. The molecule has 140 valence electrons. The van der Waals surface area contributed by atoms with Crippen molar-refractivity contribution in [3.05, 3.63) is 65.2 Å². The highest BCUT2D eigenvalue weighted by Crippen LogP contribution is 2.22. The van der Waals surface area contributed by atoms with E-state index in [4.69, 9.17) is 4.74 Å². The summed E-state index contributed by atoms with van der Waals surface area (Å²) >= 11 is 0. The third-order valence-electron chi connectivity index (χ3n) is 4.79. The van der Waals surface area contributed by atoms with Gasteiger partial charge in [0, 0.05) is 24.2 Å². The van der Waals surface area contributed by atoms with Gasteiger partial charge in [0.2, 0.25) is 11.7 Å². The van der Waals surface area contributed by atoms with Gasteiger partial charge >= 0.3 is 5.97 Å². The molecular weight excluding hydrogens is 342 g/mol. The molecule has 0 radical (unpaired) electrons. The number of esters is 1. The highest BCUT2D eigenvalue weighted by molar-refractivity contribution is 6.01. The standard InChI is InChI=1S/C22H23NO4/c1-3-16-6-8-17(9-7-16)21(25)15(2)27-22(26)18-10-12-19(13-11-18)23-14-4-5-20(23)24/h6-13,15H,3-5,14H2,1-2H3/t15-/m1/s1. The van der Waals surface area contributed by atoms with Crippen LogP contribution in [0.4, 0.5) is 5.69 Å². The van der Waals surface area contributed by atoms with Crippen LogP contribution in [0.3, 0.4) is 0 Å². The van der Waals surface area contributed by atoms with Crippen LogP contribution in [0.5, 0.6) is 0 Å². The zero-order chi connectivity index (χ0) is 19.4. The lowest BCUT2D eigenvalue weighted by molar-refractivity contribution is -0.117. The van der Waals surface area contributed by atoms with Gasteiger partial charge in [-0.25, -0.2) is 4.79 Å². The molecule has 0 saturated carbocycles. The van der Waals surface area contributed by atoms with Crippen molar-refractivity contribution in [2.75, 3.05) is 11.4 Å². The van der Waals surface area contributed by atoms with Gasteiger partial charge in [0.25, 0.3) is 0 Å². The average Bonchev–Trinajstić information content (AvgIpc) is 3.13. The SMILES string of the molecule is CCc1ccc(C(=O)[C@@H](C)OC(=O)c2ccc(N3CCCC3=O)cc2)cc1. The number of rotatable bonds is 6. The van der Waals surface area contributed by atoms with E-state index in [1.165, 1.54) is 0 Å². The summed E-state index contributed by atoms with van der Waals surface area (Å²) in [7, 11) is 0. The summed E-state index contributed by atoms with van der Waals surface area (Å²) in [5.74, 6) is -0.691. The molecule has 0 aromatic heterocycles. The van der Waals surface area contributed by atoms with E-state index in [0.717, 1.165) is 24.1 Å². The number of anilines is 1. The van der Waals surface area contributed by atoms with Crippen LogP contribution < -0.4 is 4.90 Å². The maximum absolute atomic E-state index is 12.5. The van der Waals surface area contributed by atoms with Crippen LogP contribution in [-0.2, 0) is 16.0 Å². The second-order valence-electron chi connectivity index (χ2n) is 6.66. The van der Waals surface area contributed by atoms with Gasteiger partial charge < -0.3 is 9.64 Å². The summed E-state index contributed by atoms with van der Waals surface area (Å²) in [6, 6.07) is 14.0. The van der Waals surface area contributed by atoms with Crippen molar-refractivity contribution < 1.29 is 19.1 Å². The molecule has 1 aliphatic heterocycles. The molecule has 0 spiro atoms. The molecule has 2 aromatic carbocycles. The molecule has 1 atom stereocenters. The van der Waals surface area contributed by atoms with Gasteiger partial charge in [-0.2, -0.15) is 0 Å². The zero-order valence-corrected chi connectivity index (χ0v) is 15.6. The molecular formula is C22H23NO4. The normalized spacial score (nSPS) is 14.9. The first-order valence-electron chi connectivity index (χ1n) is 9.24. The van der Waals surface area contributed by atoms with Crippen molar-refractivity contribution in [2.24, 2.45) is 0 Å². The van der Waals surface area contributed by atoms with Gasteiger partial charge in [-0.15, -0.1) is 0 Å². The molecule has 5 nitrogen and oxygen atoms in total. The van der Waals surface area contributed by atoms with E-state index in [9.17, 15) is 14.4 Å². The van der Waals surface area contributed by atoms with Crippen molar-refractivity contribution in [1.82, 2.24) is 0 Å². The summed E-state index contributed by atoms with van der Waals surface area (Å²) in [6.45, 7) is 4.32. The number of hydrogen-bond acceptors (Lipinski definition) is 4. The van der Waals surface area contributed by atoms with E-state index in [1.54, 1.807) is 48.2 Å². The van der Waals surface area contributed by atoms with Crippen molar-refractivity contribution in [2.45, 2.75) is 39.2 Å². The first-order valence-corrected chi connectivity index (χ1v) is 9.24. The molecule has 5 heteroatoms. The van der Waals surface area contributed by atoms with Crippen LogP contribution in [0.15, 0.2) is 48.5 Å². The fourth-order valence-corrected chi connectivity index (χ4v) is 3.12. The summed E-state index contributed by atoms with van der Waals surface area (Å²) in [5.41, 5.74) is 2.80. The molecule has 1 fully saturated rings. The first-order chi connectivity index (χ1) is 13.0. The van der Waals surface area contributed by atoms with E-state index in [-0.39, 0.29) is 11.7 Å². The number of carbonyl (C=O) groups excluding carboxylic acids is 3. The average molecular weight is 365 g/mol. The Bertz CT molecular complexity index is 840. The number of Topliss-reactive ketones (excluding diaryl/α,β-unsaturated/α-hetero) is 1. The minimum Gasteiger partial charge on any atom is -0.451 e.